The van der Waals surface area contributed by atoms with E-state index in [9.17, 15) is 9.18 Å². The average molecular weight is 547 g/mol. The second kappa shape index (κ2) is 12.4. The molecule has 0 bridgehead atoms. The van der Waals surface area contributed by atoms with Gasteiger partial charge in [-0.2, -0.15) is 0 Å². The second-order valence-electron chi connectivity index (χ2n) is 8.16. The van der Waals surface area contributed by atoms with Crippen LogP contribution in [-0.2, 0) is 4.79 Å². The van der Waals surface area contributed by atoms with Gasteiger partial charge in [0, 0.05) is 59.6 Å². The number of hydrogen-bond donors (Lipinski definition) is 2. The second-order valence-corrected chi connectivity index (χ2v) is 8.16. The molecule has 2 N–H and O–H groups in total. The van der Waals surface area contributed by atoms with Gasteiger partial charge in [-0.15, -0.1) is 24.0 Å². The van der Waals surface area contributed by atoms with Crippen LogP contribution in [0.1, 0.15) is 25.7 Å². The molecule has 2 atom stereocenters. The van der Waals surface area contributed by atoms with E-state index in [4.69, 9.17) is 0 Å². The molecular formula is C21H35FIN7O. The van der Waals surface area contributed by atoms with E-state index in [-0.39, 0.29) is 47.8 Å². The number of nitrogens with one attached hydrogen (secondary N) is 2. The molecule has 3 rings (SSSR count). The lowest BCUT2D eigenvalue weighted by molar-refractivity contribution is -0.133. The van der Waals surface area contributed by atoms with Crippen molar-refractivity contribution < 1.29 is 9.18 Å². The molecule has 31 heavy (non-hydrogen) atoms. The van der Waals surface area contributed by atoms with Crippen LogP contribution < -0.4 is 15.5 Å². The highest BCUT2D eigenvalue weighted by molar-refractivity contribution is 14.0. The number of aliphatic imine (C=N–C) groups is 1. The minimum Gasteiger partial charge on any atom is -0.356 e. The van der Waals surface area contributed by atoms with E-state index in [2.05, 4.69) is 25.5 Å². The summed E-state index contributed by atoms with van der Waals surface area (Å²) in [4.78, 5) is 26.7. The molecule has 3 heterocycles. The van der Waals surface area contributed by atoms with E-state index in [0.717, 1.165) is 57.8 Å². The maximum absolute atomic E-state index is 14.0. The molecule has 0 aromatic carbocycles. The Morgan fingerprint density at radius 2 is 2.16 bits per heavy atom. The van der Waals surface area contributed by atoms with E-state index in [1.54, 1.807) is 24.2 Å². The van der Waals surface area contributed by atoms with Gasteiger partial charge >= 0.3 is 0 Å². The van der Waals surface area contributed by atoms with E-state index in [0.29, 0.717) is 12.4 Å². The van der Waals surface area contributed by atoms with Gasteiger partial charge in [-0.1, -0.05) is 0 Å². The van der Waals surface area contributed by atoms with Crippen molar-refractivity contribution in [2.24, 2.45) is 4.99 Å². The van der Waals surface area contributed by atoms with E-state index in [1.807, 2.05) is 19.0 Å². The zero-order valence-electron chi connectivity index (χ0n) is 18.7. The smallest absolute Gasteiger partial charge is 0.239 e. The molecule has 0 aliphatic carbocycles. The maximum atomic E-state index is 14.0. The third kappa shape index (κ3) is 6.90. The van der Waals surface area contributed by atoms with Crippen molar-refractivity contribution in [1.82, 2.24) is 25.4 Å². The first kappa shape index (κ1) is 25.6. The number of likely N-dealkylation sites (N-methyl/N-ethyl adjacent to an activating group) is 1. The summed E-state index contributed by atoms with van der Waals surface area (Å²) in [7, 11) is 5.40. The van der Waals surface area contributed by atoms with Crippen LogP contribution >= 0.6 is 24.0 Å². The number of aromatic nitrogens is 1. The molecule has 2 aliphatic rings. The number of anilines is 1. The molecule has 0 radical (unpaired) electrons. The fraction of sp³-hybridized carbons (Fsp3) is 0.667. The lowest BCUT2D eigenvalue weighted by Crippen LogP contribution is -2.46. The molecule has 1 aromatic heterocycles. The minimum absolute atomic E-state index is 0. The summed E-state index contributed by atoms with van der Waals surface area (Å²) in [5, 5.41) is 6.79. The summed E-state index contributed by atoms with van der Waals surface area (Å²) in [5.41, 5.74) is 0. The molecule has 2 fully saturated rings. The molecule has 1 aromatic rings. The van der Waals surface area contributed by atoms with Gasteiger partial charge in [0.05, 0.1) is 6.04 Å². The number of hydrogen-bond acceptors (Lipinski definition) is 5. The SMILES string of the molecule is CN=C(NCCCN1CCCC1C(=O)N(C)C)NC1CCN(c2ncccc2F)C1.I. The number of pyridine rings is 1. The minimum atomic E-state index is -0.284. The zero-order valence-corrected chi connectivity index (χ0v) is 21.0. The molecule has 2 saturated heterocycles. The van der Waals surface area contributed by atoms with E-state index in [1.165, 1.54) is 6.07 Å². The average Bonchev–Trinajstić information content (AvgIpc) is 3.39. The summed E-state index contributed by atoms with van der Waals surface area (Å²) in [6.07, 6.45) is 5.49. The van der Waals surface area contributed by atoms with Crippen LogP contribution in [0, 0.1) is 5.82 Å². The van der Waals surface area contributed by atoms with Crippen LogP contribution in [0.25, 0.3) is 0 Å². The highest BCUT2D eigenvalue weighted by Crippen LogP contribution is 2.21. The largest absolute Gasteiger partial charge is 0.356 e. The fourth-order valence-corrected chi connectivity index (χ4v) is 4.23. The summed E-state index contributed by atoms with van der Waals surface area (Å²) in [6.45, 7) is 4.11. The van der Waals surface area contributed by atoms with E-state index >= 15 is 0 Å². The Hall–Kier alpha value is -1.69. The first-order chi connectivity index (χ1) is 14.5. The van der Waals surface area contributed by atoms with Crippen molar-refractivity contribution in [2.75, 3.05) is 58.8 Å². The van der Waals surface area contributed by atoms with Crippen LogP contribution in [0.3, 0.4) is 0 Å². The predicted octanol–water partition coefficient (Wildman–Crippen LogP) is 1.53. The van der Waals surface area contributed by atoms with Gasteiger partial charge in [0.2, 0.25) is 5.91 Å². The topological polar surface area (TPSA) is 76.1 Å². The molecule has 0 spiro atoms. The van der Waals surface area contributed by atoms with Crippen molar-refractivity contribution in [3.05, 3.63) is 24.1 Å². The summed E-state index contributed by atoms with van der Waals surface area (Å²) in [6, 6.07) is 3.27. The lowest BCUT2D eigenvalue weighted by atomic mass is 10.2. The molecular weight excluding hydrogens is 512 g/mol. The van der Waals surface area contributed by atoms with Crippen LogP contribution in [0.5, 0.6) is 0 Å². The Morgan fingerprint density at radius 1 is 1.35 bits per heavy atom. The van der Waals surface area contributed by atoms with Crippen molar-refractivity contribution >= 4 is 41.7 Å². The van der Waals surface area contributed by atoms with Gasteiger partial charge in [-0.25, -0.2) is 9.37 Å². The van der Waals surface area contributed by atoms with Crippen LogP contribution in [0.2, 0.25) is 0 Å². The number of guanidine groups is 1. The standard InChI is InChI=1S/C21H34FN7O.HI/c1-23-21(25-11-6-13-28-12-5-8-18(28)20(30)27(2)3)26-16-9-14-29(15-16)19-17(22)7-4-10-24-19;/h4,7,10,16,18H,5-6,8-9,11-15H2,1-3H3,(H2,23,25,26);1H. The number of halogens is 2. The quantitative estimate of drug-likeness (QED) is 0.234. The number of nitrogens with zero attached hydrogens (tertiary/aromatic N) is 5. The number of carbonyl (C=O) groups excluding carboxylic acids is 1. The Kier molecular flexibility index (Phi) is 10.2. The summed E-state index contributed by atoms with van der Waals surface area (Å²) >= 11 is 0. The Balaban J connectivity index is 0.00000341. The highest BCUT2D eigenvalue weighted by Gasteiger charge is 2.31. The Labute approximate surface area is 201 Å². The zero-order chi connectivity index (χ0) is 21.5. The predicted molar refractivity (Wildman–Crippen MR) is 133 cm³/mol. The van der Waals surface area contributed by atoms with Gasteiger partial charge in [0.1, 0.15) is 0 Å². The van der Waals surface area contributed by atoms with Crippen LogP contribution in [0.15, 0.2) is 23.3 Å². The van der Waals surface area contributed by atoms with Crippen molar-refractivity contribution in [2.45, 2.75) is 37.8 Å². The highest BCUT2D eigenvalue weighted by atomic mass is 127. The number of likely N-dealkylation sites (tertiary alicyclic amines) is 1. The first-order valence-electron chi connectivity index (χ1n) is 10.8. The van der Waals surface area contributed by atoms with Gasteiger partial charge in [0.25, 0.3) is 0 Å². The summed E-state index contributed by atoms with van der Waals surface area (Å²) in [5.74, 6) is 1.09. The summed E-state index contributed by atoms with van der Waals surface area (Å²) < 4.78 is 14.0. The molecule has 2 unspecified atom stereocenters. The third-order valence-corrected chi connectivity index (χ3v) is 5.80. The molecule has 10 heteroatoms. The molecule has 1 amide bonds. The molecule has 8 nitrogen and oxygen atoms in total. The first-order valence-corrected chi connectivity index (χ1v) is 10.8. The van der Waals surface area contributed by atoms with Gasteiger partial charge in [-0.3, -0.25) is 14.7 Å². The Morgan fingerprint density at radius 3 is 2.87 bits per heavy atom. The number of amides is 1. The van der Waals surface area contributed by atoms with Crippen molar-refractivity contribution in [1.29, 1.82) is 0 Å². The van der Waals surface area contributed by atoms with E-state index < -0.39 is 0 Å². The van der Waals surface area contributed by atoms with Crippen molar-refractivity contribution in [3.63, 3.8) is 0 Å². The fourth-order valence-electron chi connectivity index (χ4n) is 4.23. The maximum Gasteiger partial charge on any atom is 0.239 e. The van der Waals surface area contributed by atoms with Gasteiger partial charge in [-0.05, 0) is 44.4 Å². The molecule has 2 aliphatic heterocycles. The van der Waals surface area contributed by atoms with Gasteiger partial charge < -0.3 is 20.4 Å². The van der Waals surface area contributed by atoms with Crippen LogP contribution in [-0.4, -0.2) is 92.6 Å². The van der Waals surface area contributed by atoms with Crippen molar-refractivity contribution in [3.8, 4) is 0 Å². The monoisotopic (exact) mass is 547 g/mol. The third-order valence-electron chi connectivity index (χ3n) is 5.80. The molecule has 0 saturated carbocycles. The Bertz CT molecular complexity index is 748. The number of carbonyl (C=O) groups is 1. The number of rotatable bonds is 7. The van der Waals surface area contributed by atoms with Crippen LogP contribution in [0.4, 0.5) is 10.2 Å². The van der Waals surface area contributed by atoms with Gasteiger partial charge in [0.15, 0.2) is 17.6 Å². The normalized spacial score (nSPS) is 21.7. The lowest BCUT2D eigenvalue weighted by Gasteiger charge is -2.26. The molecule has 174 valence electrons.